The Kier molecular flexibility index (Phi) is 5.89. The summed E-state index contributed by atoms with van der Waals surface area (Å²) in [5.41, 5.74) is 3.35. The number of carbonyl (C=O) groups is 1. The SMILES string of the molecule is COc1ccc(-c2csc(NC(=O)Cc3csc(-c4ccccc4Cl)n3)n2)cc1. The molecule has 4 rings (SSSR count). The minimum Gasteiger partial charge on any atom is -0.497 e. The van der Waals surface area contributed by atoms with Crippen LogP contribution in [0.3, 0.4) is 0 Å². The van der Waals surface area contributed by atoms with Crippen LogP contribution in [-0.2, 0) is 11.2 Å². The molecular weight excluding hydrogens is 426 g/mol. The van der Waals surface area contributed by atoms with E-state index in [4.69, 9.17) is 16.3 Å². The molecule has 1 N–H and O–H groups in total. The second kappa shape index (κ2) is 8.73. The van der Waals surface area contributed by atoms with Crippen molar-refractivity contribution in [1.29, 1.82) is 0 Å². The number of halogens is 1. The van der Waals surface area contributed by atoms with E-state index in [1.165, 1.54) is 22.7 Å². The van der Waals surface area contributed by atoms with Gasteiger partial charge in [0.05, 0.1) is 29.9 Å². The van der Waals surface area contributed by atoms with Crippen LogP contribution in [0.15, 0.2) is 59.3 Å². The number of ether oxygens (including phenoxy) is 1. The minimum atomic E-state index is -0.156. The smallest absolute Gasteiger partial charge is 0.232 e. The van der Waals surface area contributed by atoms with Gasteiger partial charge < -0.3 is 10.1 Å². The number of anilines is 1. The lowest BCUT2D eigenvalue weighted by atomic mass is 10.2. The third-order valence-electron chi connectivity index (χ3n) is 4.13. The zero-order valence-corrected chi connectivity index (χ0v) is 17.8. The van der Waals surface area contributed by atoms with E-state index in [0.717, 1.165) is 27.6 Å². The first-order chi connectivity index (χ1) is 14.1. The monoisotopic (exact) mass is 441 g/mol. The van der Waals surface area contributed by atoms with E-state index in [2.05, 4.69) is 15.3 Å². The van der Waals surface area contributed by atoms with Crippen molar-refractivity contribution in [3.8, 4) is 27.6 Å². The number of nitrogens with zero attached hydrogens (tertiary/aromatic N) is 2. The molecule has 8 heteroatoms. The number of rotatable bonds is 6. The highest BCUT2D eigenvalue weighted by Crippen LogP contribution is 2.30. The molecule has 0 spiro atoms. The van der Waals surface area contributed by atoms with Gasteiger partial charge in [-0.05, 0) is 30.3 Å². The van der Waals surface area contributed by atoms with Crippen LogP contribution in [0.25, 0.3) is 21.8 Å². The molecule has 4 aromatic rings. The number of benzene rings is 2. The lowest BCUT2D eigenvalue weighted by Crippen LogP contribution is -2.14. The molecule has 0 atom stereocenters. The van der Waals surface area contributed by atoms with Crippen molar-refractivity contribution in [2.75, 3.05) is 12.4 Å². The van der Waals surface area contributed by atoms with E-state index >= 15 is 0 Å². The van der Waals surface area contributed by atoms with Crippen LogP contribution >= 0.6 is 34.3 Å². The molecule has 0 radical (unpaired) electrons. The summed E-state index contributed by atoms with van der Waals surface area (Å²) in [5, 5.41) is 8.64. The highest BCUT2D eigenvalue weighted by atomic mass is 35.5. The number of methoxy groups -OCH3 is 1. The van der Waals surface area contributed by atoms with Crippen LogP contribution in [0.4, 0.5) is 5.13 Å². The quantitative estimate of drug-likeness (QED) is 0.412. The maximum Gasteiger partial charge on any atom is 0.232 e. The van der Waals surface area contributed by atoms with Gasteiger partial charge >= 0.3 is 0 Å². The zero-order chi connectivity index (χ0) is 20.2. The Balaban J connectivity index is 1.40. The summed E-state index contributed by atoms with van der Waals surface area (Å²) >= 11 is 9.08. The van der Waals surface area contributed by atoms with Gasteiger partial charge in [0.25, 0.3) is 0 Å². The van der Waals surface area contributed by atoms with Crippen LogP contribution in [0, 0.1) is 0 Å². The fourth-order valence-electron chi connectivity index (χ4n) is 2.70. The highest BCUT2D eigenvalue weighted by molar-refractivity contribution is 7.14. The number of nitrogens with one attached hydrogen (secondary N) is 1. The summed E-state index contributed by atoms with van der Waals surface area (Å²) in [7, 11) is 1.63. The Labute approximate surface area is 181 Å². The van der Waals surface area contributed by atoms with Gasteiger partial charge in [0, 0.05) is 21.9 Å². The number of hydrogen-bond donors (Lipinski definition) is 1. The number of aromatic nitrogens is 2. The van der Waals surface area contributed by atoms with Crippen LogP contribution in [0.2, 0.25) is 5.02 Å². The van der Waals surface area contributed by atoms with E-state index in [1.54, 1.807) is 7.11 Å². The van der Waals surface area contributed by atoms with Gasteiger partial charge in [-0.25, -0.2) is 9.97 Å². The van der Waals surface area contributed by atoms with Gasteiger partial charge in [-0.15, -0.1) is 22.7 Å². The molecule has 0 aliphatic rings. The van der Waals surface area contributed by atoms with Crippen molar-refractivity contribution in [3.05, 3.63) is 70.0 Å². The molecular formula is C21H16ClN3O2S2. The van der Waals surface area contributed by atoms with Crippen molar-refractivity contribution in [1.82, 2.24) is 9.97 Å². The number of carbonyl (C=O) groups excluding carboxylic acids is 1. The number of thiazole rings is 2. The summed E-state index contributed by atoms with van der Waals surface area (Å²) in [6, 6.07) is 15.2. The van der Waals surface area contributed by atoms with Gasteiger partial charge in [-0.1, -0.05) is 29.8 Å². The lowest BCUT2D eigenvalue weighted by Gasteiger charge is -2.01. The van der Waals surface area contributed by atoms with Crippen molar-refractivity contribution in [2.45, 2.75) is 6.42 Å². The second-order valence-corrected chi connectivity index (χ2v) is 8.24. The van der Waals surface area contributed by atoms with Crippen molar-refractivity contribution >= 4 is 45.3 Å². The molecule has 2 heterocycles. The summed E-state index contributed by atoms with van der Waals surface area (Å²) < 4.78 is 5.17. The number of hydrogen-bond acceptors (Lipinski definition) is 6. The van der Waals surface area contributed by atoms with Crippen molar-refractivity contribution in [2.24, 2.45) is 0 Å². The van der Waals surface area contributed by atoms with E-state index in [9.17, 15) is 4.79 Å². The van der Waals surface area contributed by atoms with E-state index in [1.807, 2.05) is 59.3 Å². The van der Waals surface area contributed by atoms with E-state index in [0.29, 0.717) is 15.8 Å². The Bertz CT molecular complexity index is 1140. The van der Waals surface area contributed by atoms with E-state index in [-0.39, 0.29) is 12.3 Å². The Morgan fingerprint density at radius 1 is 1.07 bits per heavy atom. The molecule has 0 saturated heterocycles. The third-order valence-corrected chi connectivity index (χ3v) is 6.15. The fourth-order valence-corrected chi connectivity index (χ4v) is 4.58. The Morgan fingerprint density at radius 2 is 1.86 bits per heavy atom. The Morgan fingerprint density at radius 3 is 2.62 bits per heavy atom. The summed E-state index contributed by atoms with van der Waals surface area (Å²) in [6.07, 6.45) is 0.179. The van der Waals surface area contributed by atoms with Gasteiger partial charge in [-0.2, -0.15) is 0 Å². The largest absolute Gasteiger partial charge is 0.497 e. The van der Waals surface area contributed by atoms with Crippen LogP contribution in [0.5, 0.6) is 5.75 Å². The molecule has 2 aromatic carbocycles. The molecule has 0 saturated carbocycles. The molecule has 0 aliphatic heterocycles. The lowest BCUT2D eigenvalue weighted by molar-refractivity contribution is -0.115. The molecule has 146 valence electrons. The molecule has 0 unspecified atom stereocenters. The molecule has 29 heavy (non-hydrogen) atoms. The minimum absolute atomic E-state index is 0.156. The number of amides is 1. The first-order valence-electron chi connectivity index (χ1n) is 8.71. The van der Waals surface area contributed by atoms with Gasteiger partial charge in [-0.3, -0.25) is 4.79 Å². The fraction of sp³-hybridized carbons (Fsp3) is 0.0952. The summed E-state index contributed by atoms with van der Waals surface area (Å²) in [4.78, 5) is 21.4. The predicted octanol–water partition coefficient (Wildman–Crippen LogP) is 5.78. The normalized spacial score (nSPS) is 10.7. The van der Waals surface area contributed by atoms with Crippen molar-refractivity contribution < 1.29 is 9.53 Å². The van der Waals surface area contributed by atoms with E-state index < -0.39 is 0 Å². The molecule has 0 bridgehead atoms. The summed E-state index contributed by atoms with van der Waals surface area (Å²) in [5.74, 6) is 0.633. The predicted molar refractivity (Wildman–Crippen MR) is 119 cm³/mol. The molecule has 2 aromatic heterocycles. The average Bonchev–Trinajstić information content (AvgIpc) is 3.38. The second-order valence-electron chi connectivity index (χ2n) is 6.12. The third kappa shape index (κ3) is 4.64. The molecule has 1 amide bonds. The van der Waals surface area contributed by atoms with Gasteiger partial charge in [0.15, 0.2) is 5.13 Å². The topological polar surface area (TPSA) is 64.1 Å². The Hall–Kier alpha value is -2.74. The molecule has 0 aliphatic carbocycles. The zero-order valence-electron chi connectivity index (χ0n) is 15.4. The maximum atomic E-state index is 12.4. The van der Waals surface area contributed by atoms with Crippen LogP contribution in [-0.4, -0.2) is 23.0 Å². The summed E-state index contributed by atoms with van der Waals surface area (Å²) in [6.45, 7) is 0. The molecule has 0 fully saturated rings. The average molecular weight is 442 g/mol. The molecule has 5 nitrogen and oxygen atoms in total. The first-order valence-corrected chi connectivity index (χ1v) is 10.9. The van der Waals surface area contributed by atoms with Crippen LogP contribution in [0.1, 0.15) is 5.69 Å². The van der Waals surface area contributed by atoms with Gasteiger partial charge in [0.2, 0.25) is 5.91 Å². The first kappa shape index (κ1) is 19.6. The van der Waals surface area contributed by atoms with Crippen LogP contribution < -0.4 is 10.1 Å². The van der Waals surface area contributed by atoms with Gasteiger partial charge in [0.1, 0.15) is 10.8 Å². The van der Waals surface area contributed by atoms with Crippen molar-refractivity contribution in [3.63, 3.8) is 0 Å². The standard InChI is InChI=1S/C21H16ClN3O2S2/c1-27-15-8-6-13(7-9-15)18-12-29-21(24-18)25-19(26)10-14-11-28-20(23-14)16-4-2-3-5-17(16)22/h2-9,11-12H,10H2,1H3,(H,24,25,26). The maximum absolute atomic E-state index is 12.4. The highest BCUT2D eigenvalue weighted by Gasteiger charge is 2.13.